The van der Waals surface area contributed by atoms with Crippen LogP contribution in [0.3, 0.4) is 0 Å². The Labute approximate surface area is 74.7 Å². The van der Waals surface area contributed by atoms with Gasteiger partial charge in [-0.15, -0.1) is 0 Å². The van der Waals surface area contributed by atoms with E-state index in [0.717, 1.165) is 0 Å². The molecule has 0 aromatic carbocycles. The molecule has 0 saturated heterocycles. The summed E-state index contributed by atoms with van der Waals surface area (Å²) in [6, 6.07) is 0. The molecule has 2 heteroatoms. The van der Waals surface area contributed by atoms with Gasteiger partial charge in [-0.2, -0.15) is 0 Å². The molecule has 0 aliphatic carbocycles. The Morgan fingerprint density at radius 2 is 2.27 bits per heavy atom. The fraction of sp³-hybridized carbons (Fsp3) is 0.556. The van der Waals surface area contributed by atoms with Gasteiger partial charge in [0.1, 0.15) is 7.67 Å². The van der Waals surface area contributed by atoms with Crippen molar-refractivity contribution < 1.29 is 6.85 Å². The average Bonchev–Trinajstić information content (AvgIpc) is 1.97. The van der Waals surface area contributed by atoms with Gasteiger partial charge in [0.25, 0.3) is 0 Å². The first-order chi connectivity index (χ1) is 7.03. The lowest BCUT2D eigenvalue weighted by Gasteiger charge is -2.19. The first-order valence-corrected chi connectivity index (χ1v) is 3.39. The molecule has 0 aliphatic rings. The van der Waals surface area contributed by atoms with Gasteiger partial charge in [0.15, 0.2) is 0 Å². The molecule has 1 aromatic heterocycles. The highest BCUT2D eigenvalue weighted by atomic mass is 14.8. The van der Waals surface area contributed by atoms with Crippen LogP contribution in [0, 0.1) is 6.85 Å². The predicted molar refractivity (Wildman–Crippen MR) is 45.5 cm³/mol. The van der Waals surface area contributed by atoms with E-state index in [1.165, 1.54) is 0 Å². The van der Waals surface area contributed by atoms with Crippen LogP contribution in [0.5, 0.6) is 0 Å². The summed E-state index contributed by atoms with van der Waals surface area (Å²) in [6.07, 6.45) is -0.609. The molecule has 0 saturated carbocycles. The monoisotopic (exact) mass is 155 g/mol. The van der Waals surface area contributed by atoms with E-state index in [-0.39, 0.29) is 17.4 Å². The first-order valence-electron chi connectivity index (χ1n) is 5.89. The number of aromatic nitrogens is 2. The van der Waals surface area contributed by atoms with E-state index >= 15 is 0 Å². The van der Waals surface area contributed by atoms with Crippen LogP contribution in [0.4, 0.5) is 0 Å². The van der Waals surface area contributed by atoms with E-state index in [9.17, 15) is 0 Å². The van der Waals surface area contributed by atoms with Crippen molar-refractivity contribution >= 4 is 0 Å². The fourth-order valence-electron chi connectivity index (χ4n) is 0.788. The van der Waals surface area contributed by atoms with Crippen molar-refractivity contribution in [1.29, 1.82) is 0 Å². The molecule has 0 radical (unpaired) electrons. The summed E-state index contributed by atoms with van der Waals surface area (Å²) in [6.45, 7) is 2.96. The molecule has 1 heterocycles. The summed E-state index contributed by atoms with van der Waals surface area (Å²) in [5.74, 6) is 0. The molecule has 0 N–H and O–H groups in total. The van der Waals surface area contributed by atoms with Gasteiger partial charge >= 0.3 is 0 Å². The summed E-state index contributed by atoms with van der Waals surface area (Å²) >= 11 is 0. The zero-order chi connectivity index (χ0) is 12.7. The summed E-state index contributed by atoms with van der Waals surface area (Å²) < 4.78 is 37.0. The molecule has 1 aromatic rings. The van der Waals surface area contributed by atoms with Gasteiger partial charge in [0.2, 0.25) is 0 Å². The third-order valence-electron chi connectivity index (χ3n) is 1.37. The van der Waals surface area contributed by atoms with E-state index in [1.54, 1.807) is 20.8 Å². The second-order valence-corrected chi connectivity index (χ2v) is 3.41. The Bertz CT molecular complexity index is 406. The number of aryl methyl sites for hydroxylation is 1. The predicted octanol–water partition coefficient (Wildman–Crippen LogP) is 2.08. The van der Waals surface area contributed by atoms with E-state index in [1.807, 2.05) is 0 Å². The van der Waals surface area contributed by atoms with Gasteiger partial charge in [-0.3, -0.25) is 0 Å². The molecule has 0 unspecified atom stereocenters. The highest BCUT2D eigenvalue weighted by Crippen LogP contribution is 2.22. The Morgan fingerprint density at radius 3 is 2.82 bits per heavy atom. The molecule has 0 bridgehead atoms. The maximum Gasteiger partial charge on any atom is 0.115 e. The van der Waals surface area contributed by atoms with Crippen molar-refractivity contribution in [1.82, 2.24) is 9.97 Å². The normalized spacial score (nSPS) is 19.4. The number of rotatable bonds is 0. The van der Waals surface area contributed by atoms with Gasteiger partial charge in [-0.05, 0) is 17.8 Å². The molecular formula is C9H14N2. The van der Waals surface area contributed by atoms with Gasteiger partial charge in [-0.1, -0.05) is 20.8 Å². The standard InChI is InChI=1S/C9H14N2/c1-7-8(9(2,3)4)5-10-6-11-7/h5-6H,1-4H3/i1D3,5D,6D. The lowest BCUT2D eigenvalue weighted by Crippen LogP contribution is -2.14. The molecule has 1 rings (SSSR count). The molecule has 11 heavy (non-hydrogen) atoms. The van der Waals surface area contributed by atoms with Crippen LogP contribution in [0.15, 0.2) is 12.5 Å². The van der Waals surface area contributed by atoms with Crippen molar-refractivity contribution in [2.24, 2.45) is 0 Å². The van der Waals surface area contributed by atoms with Crippen molar-refractivity contribution in [3.8, 4) is 0 Å². The van der Waals surface area contributed by atoms with Gasteiger partial charge in [0.05, 0.1) is 1.37 Å². The van der Waals surface area contributed by atoms with E-state index in [4.69, 9.17) is 6.85 Å². The lowest BCUT2D eigenvalue weighted by atomic mass is 9.87. The van der Waals surface area contributed by atoms with Gasteiger partial charge in [0, 0.05) is 16.0 Å². The summed E-state index contributed by atoms with van der Waals surface area (Å²) in [5, 5.41) is 0. The molecule has 2 nitrogen and oxygen atoms in total. The van der Waals surface area contributed by atoms with Crippen LogP contribution in [0.25, 0.3) is 0 Å². The van der Waals surface area contributed by atoms with Gasteiger partial charge in [-0.25, -0.2) is 9.97 Å². The Hall–Kier alpha value is -0.920. The van der Waals surface area contributed by atoms with Crippen molar-refractivity contribution in [3.05, 3.63) is 23.7 Å². The van der Waals surface area contributed by atoms with Crippen LogP contribution in [0.2, 0.25) is 0 Å². The molecule has 0 aliphatic heterocycles. The Kier molecular flexibility index (Phi) is 0.866. The SMILES string of the molecule is [2H]c1nc([2H])c(C(C)(C)C)c(C([2H])([2H])[2H])n1. The summed E-state index contributed by atoms with van der Waals surface area (Å²) in [5.41, 5.74) is -0.442. The number of hydrogen-bond acceptors (Lipinski definition) is 2. The topological polar surface area (TPSA) is 25.8 Å². The second-order valence-electron chi connectivity index (χ2n) is 3.41. The minimum Gasteiger partial charge on any atom is -0.244 e. The average molecular weight is 155 g/mol. The zero-order valence-corrected chi connectivity index (χ0v) is 6.89. The fourth-order valence-corrected chi connectivity index (χ4v) is 0.788. The minimum atomic E-state index is -2.42. The van der Waals surface area contributed by atoms with Crippen molar-refractivity contribution in [2.45, 2.75) is 33.0 Å². The highest BCUT2D eigenvalue weighted by Gasteiger charge is 2.16. The van der Waals surface area contributed by atoms with Crippen LogP contribution < -0.4 is 0 Å². The maximum atomic E-state index is 7.67. The third kappa shape index (κ3) is 1.76. The quantitative estimate of drug-likeness (QED) is 0.573. The van der Waals surface area contributed by atoms with Crippen LogP contribution in [0.1, 0.15) is 38.9 Å². The van der Waals surface area contributed by atoms with Crippen molar-refractivity contribution in [3.63, 3.8) is 0 Å². The van der Waals surface area contributed by atoms with Crippen LogP contribution >= 0.6 is 0 Å². The lowest BCUT2D eigenvalue weighted by molar-refractivity contribution is 0.578. The third-order valence-corrected chi connectivity index (χ3v) is 1.37. The maximum absolute atomic E-state index is 7.67. The molecule has 0 fully saturated rings. The van der Waals surface area contributed by atoms with E-state index in [0.29, 0.717) is 0 Å². The molecule has 0 atom stereocenters. The van der Waals surface area contributed by atoms with E-state index < -0.39 is 18.6 Å². The number of hydrogen-bond donors (Lipinski definition) is 0. The smallest absolute Gasteiger partial charge is 0.115 e. The summed E-state index contributed by atoms with van der Waals surface area (Å²) in [4.78, 5) is 7.23. The van der Waals surface area contributed by atoms with Crippen molar-refractivity contribution in [2.75, 3.05) is 0 Å². The Balaban J connectivity index is 3.58. The van der Waals surface area contributed by atoms with E-state index in [2.05, 4.69) is 9.97 Å². The van der Waals surface area contributed by atoms with Gasteiger partial charge < -0.3 is 0 Å². The molecule has 60 valence electrons. The molecular weight excluding hydrogens is 136 g/mol. The zero-order valence-electron chi connectivity index (χ0n) is 11.9. The second kappa shape index (κ2) is 2.61. The highest BCUT2D eigenvalue weighted by molar-refractivity contribution is 5.22. The Morgan fingerprint density at radius 1 is 1.55 bits per heavy atom. The largest absolute Gasteiger partial charge is 0.244 e. The first kappa shape index (κ1) is 3.65. The van der Waals surface area contributed by atoms with Crippen LogP contribution in [-0.4, -0.2) is 9.97 Å². The van der Waals surface area contributed by atoms with Crippen LogP contribution in [-0.2, 0) is 5.41 Å². The minimum absolute atomic E-state index is 0.182. The summed E-state index contributed by atoms with van der Waals surface area (Å²) in [7, 11) is 0. The number of nitrogens with zero attached hydrogens (tertiary/aromatic N) is 2. The molecule has 0 amide bonds. The molecule has 0 spiro atoms.